The van der Waals surface area contributed by atoms with Crippen molar-refractivity contribution >= 4 is 5.78 Å². The molecular weight excluding hydrogens is 154 g/mol. The number of carbonyl (C=O) groups is 1. The molecular formula is C9H17NO2. The van der Waals surface area contributed by atoms with Gasteiger partial charge in [-0.2, -0.15) is 0 Å². The fourth-order valence-electron chi connectivity index (χ4n) is 1.53. The van der Waals surface area contributed by atoms with E-state index in [-0.39, 0.29) is 6.04 Å². The zero-order valence-electron chi connectivity index (χ0n) is 7.64. The summed E-state index contributed by atoms with van der Waals surface area (Å²) in [6.45, 7) is 1.47. The minimum atomic E-state index is 0.105. The van der Waals surface area contributed by atoms with Crippen LogP contribution in [0.15, 0.2) is 0 Å². The number of methoxy groups -OCH3 is 1. The third-order valence-electron chi connectivity index (χ3n) is 2.25. The summed E-state index contributed by atoms with van der Waals surface area (Å²) >= 11 is 0. The highest BCUT2D eigenvalue weighted by atomic mass is 16.5. The van der Waals surface area contributed by atoms with Gasteiger partial charge in [-0.3, -0.25) is 4.79 Å². The van der Waals surface area contributed by atoms with Crippen molar-refractivity contribution in [2.75, 3.05) is 20.3 Å². The van der Waals surface area contributed by atoms with Crippen LogP contribution in [0.2, 0.25) is 0 Å². The lowest BCUT2D eigenvalue weighted by Gasteiger charge is -2.21. The Morgan fingerprint density at radius 1 is 1.58 bits per heavy atom. The third kappa shape index (κ3) is 2.91. The maximum absolute atomic E-state index is 11.3. The van der Waals surface area contributed by atoms with Gasteiger partial charge in [0, 0.05) is 20.1 Å². The Labute approximate surface area is 73.5 Å². The average molecular weight is 171 g/mol. The van der Waals surface area contributed by atoms with E-state index in [0.717, 1.165) is 25.8 Å². The zero-order valence-corrected chi connectivity index (χ0v) is 7.64. The highest BCUT2D eigenvalue weighted by molar-refractivity contribution is 5.84. The summed E-state index contributed by atoms with van der Waals surface area (Å²) in [5.74, 6) is 0.373. The Balaban J connectivity index is 2.16. The molecule has 1 rings (SSSR count). The molecule has 0 radical (unpaired) electrons. The van der Waals surface area contributed by atoms with Crippen LogP contribution in [0.5, 0.6) is 0 Å². The van der Waals surface area contributed by atoms with Crippen LogP contribution in [0.3, 0.4) is 0 Å². The molecule has 0 spiro atoms. The number of hydrogen-bond donors (Lipinski definition) is 1. The summed E-state index contributed by atoms with van der Waals surface area (Å²) < 4.78 is 4.89. The second-order valence-electron chi connectivity index (χ2n) is 3.21. The van der Waals surface area contributed by atoms with Gasteiger partial charge in [0.1, 0.15) is 5.78 Å². The highest BCUT2D eigenvalue weighted by Crippen LogP contribution is 2.13. The molecule has 1 fully saturated rings. The van der Waals surface area contributed by atoms with Crippen LogP contribution in [0.1, 0.15) is 25.7 Å². The van der Waals surface area contributed by atoms with Gasteiger partial charge in [-0.05, 0) is 12.8 Å². The second kappa shape index (κ2) is 5.27. The van der Waals surface area contributed by atoms with Crippen LogP contribution >= 0.6 is 0 Å². The highest BCUT2D eigenvalue weighted by Gasteiger charge is 2.20. The molecule has 0 aromatic carbocycles. The largest absolute Gasteiger partial charge is 0.383 e. The molecule has 0 heterocycles. The third-order valence-corrected chi connectivity index (χ3v) is 2.25. The monoisotopic (exact) mass is 171 g/mol. The number of Topliss-reactive ketones (excluding diaryl/α,β-unsaturated/α-hetero) is 1. The van der Waals surface area contributed by atoms with Crippen molar-refractivity contribution in [3.8, 4) is 0 Å². The number of ketones is 1. The number of nitrogens with one attached hydrogen (secondary N) is 1. The number of rotatable bonds is 4. The summed E-state index contributed by atoms with van der Waals surface area (Å²) in [5.41, 5.74) is 0. The van der Waals surface area contributed by atoms with E-state index in [1.165, 1.54) is 6.42 Å². The van der Waals surface area contributed by atoms with E-state index >= 15 is 0 Å². The molecule has 0 amide bonds. The standard InChI is InChI=1S/C9H17NO2/c1-12-7-6-10-8-4-2-3-5-9(8)11/h8,10H,2-7H2,1H3. The van der Waals surface area contributed by atoms with Gasteiger partial charge in [0.05, 0.1) is 12.6 Å². The topological polar surface area (TPSA) is 38.3 Å². The predicted molar refractivity (Wildman–Crippen MR) is 47.1 cm³/mol. The fraction of sp³-hybridized carbons (Fsp3) is 0.889. The maximum atomic E-state index is 11.3. The van der Waals surface area contributed by atoms with E-state index in [2.05, 4.69) is 5.32 Å². The van der Waals surface area contributed by atoms with Gasteiger partial charge >= 0.3 is 0 Å². The molecule has 3 nitrogen and oxygen atoms in total. The van der Waals surface area contributed by atoms with E-state index in [9.17, 15) is 4.79 Å². The van der Waals surface area contributed by atoms with Crippen molar-refractivity contribution in [1.29, 1.82) is 0 Å². The van der Waals surface area contributed by atoms with Gasteiger partial charge in [-0.15, -0.1) is 0 Å². The second-order valence-corrected chi connectivity index (χ2v) is 3.21. The smallest absolute Gasteiger partial charge is 0.149 e. The van der Waals surface area contributed by atoms with Crippen molar-refractivity contribution in [1.82, 2.24) is 5.32 Å². The Morgan fingerprint density at radius 2 is 2.42 bits per heavy atom. The molecule has 0 aromatic heterocycles. The molecule has 12 heavy (non-hydrogen) atoms. The van der Waals surface area contributed by atoms with Gasteiger partial charge < -0.3 is 10.1 Å². The zero-order chi connectivity index (χ0) is 8.81. The molecule has 0 aliphatic heterocycles. The van der Waals surface area contributed by atoms with E-state index < -0.39 is 0 Å². The molecule has 0 aromatic rings. The maximum Gasteiger partial charge on any atom is 0.149 e. The van der Waals surface area contributed by atoms with Gasteiger partial charge in [-0.1, -0.05) is 6.42 Å². The van der Waals surface area contributed by atoms with Crippen LogP contribution in [-0.4, -0.2) is 32.1 Å². The molecule has 1 N–H and O–H groups in total. The first-order valence-corrected chi connectivity index (χ1v) is 4.59. The molecule has 1 unspecified atom stereocenters. The number of carbonyl (C=O) groups excluding carboxylic acids is 1. The first-order valence-electron chi connectivity index (χ1n) is 4.59. The minimum Gasteiger partial charge on any atom is -0.383 e. The predicted octanol–water partition coefficient (Wildman–Crippen LogP) is 0.734. The Hall–Kier alpha value is -0.410. The van der Waals surface area contributed by atoms with E-state index in [4.69, 9.17) is 4.74 Å². The summed E-state index contributed by atoms with van der Waals surface area (Å²) in [5, 5.41) is 3.20. The van der Waals surface area contributed by atoms with Crippen LogP contribution in [0.4, 0.5) is 0 Å². The van der Waals surface area contributed by atoms with Gasteiger partial charge in [0.25, 0.3) is 0 Å². The quantitative estimate of drug-likeness (QED) is 0.634. The summed E-state index contributed by atoms with van der Waals surface area (Å²) in [6.07, 6.45) is 4.00. The first-order chi connectivity index (χ1) is 5.84. The Bertz CT molecular complexity index is 147. The van der Waals surface area contributed by atoms with E-state index in [0.29, 0.717) is 12.4 Å². The Kier molecular flexibility index (Phi) is 4.25. The molecule has 1 aliphatic carbocycles. The normalized spacial score (nSPS) is 24.4. The fourth-order valence-corrected chi connectivity index (χ4v) is 1.53. The number of hydrogen-bond acceptors (Lipinski definition) is 3. The molecule has 0 saturated heterocycles. The first kappa shape index (κ1) is 9.68. The Morgan fingerprint density at radius 3 is 3.08 bits per heavy atom. The lowest BCUT2D eigenvalue weighted by molar-refractivity contribution is -0.122. The molecule has 70 valence electrons. The van der Waals surface area contributed by atoms with Crippen molar-refractivity contribution in [2.24, 2.45) is 0 Å². The van der Waals surface area contributed by atoms with E-state index in [1.54, 1.807) is 7.11 Å². The average Bonchev–Trinajstić information content (AvgIpc) is 2.09. The molecule has 1 aliphatic rings. The van der Waals surface area contributed by atoms with Crippen LogP contribution in [0.25, 0.3) is 0 Å². The van der Waals surface area contributed by atoms with Crippen molar-refractivity contribution in [3.63, 3.8) is 0 Å². The molecule has 3 heteroatoms. The lowest BCUT2D eigenvalue weighted by atomic mass is 9.94. The summed E-state index contributed by atoms with van der Waals surface area (Å²) in [7, 11) is 1.67. The SMILES string of the molecule is COCCNC1CCCCC1=O. The molecule has 0 bridgehead atoms. The van der Waals surface area contributed by atoms with Crippen LogP contribution in [-0.2, 0) is 9.53 Å². The van der Waals surface area contributed by atoms with Crippen molar-refractivity contribution < 1.29 is 9.53 Å². The van der Waals surface area contributed by atoms with Crippen molar-refractivity contribution in [2.45, 2.75) is 31.7 Å². The summed E-state index contributed by atoms with van der Waals surface area (Å²) in [4.78, 5) is 11.3. The van der Waals surface area contributed by atoms with E-state index in [1.807, 2.05) is 0 Å². The van der Waals surface area contributed by atoms with Crippen LogP contribution in [0, 0.1) is 0 Å². The van der Waals surface area contributed by atoms with Gasteiger partial charge in [0.2, 0.25) is 0 Å². The van der Waals surface area contributed by atoms with Gasteiger partial charge in [0.15, 0.2) is 0 Å². The molecule has 1 atom stereocenters. The number of ether oxygens (including phenoxy) is 1. The summed E-state index contributed by atoms with van der Waals surface area (Å²) in [6, 6.07) is 0.105. The lowest BCUT2D eigenvalue weighted by Crippen LogP contribution is -2.40. The van der Waals surface area contributed by atoms with Crippen LogP contribution < -0.4 is 5.32 Å². The molecule has 1 saturated carbocycles. The van der Waals surface area contributed by atoms with Gasteiger partial charge in [-0.25, -0.2) is 0 Å². The minimum absolute atomic E-state index is 0.105. The van der Waals surface area contributed by atoms with Crippen molar-refractivity contribution in [3.05, 3.63) is 0 Å².